The minimum atomic E-state index is -0.677. The first kappa shape index (κ1) is 12.5. The van der Waals surface area contributed by atoms with Crippen molar-refractivity contribution in [3.05, 3.63) is 0 Å². The van der Waals surface area contributed by atoms with Crippen molar-refractivity contribution < 1.29 is 4.79 Å². The Morgan fingerprint density at radius 1 is 1.47 bits per heavy atom. The molecule has 0 saturated heterocycles. The molecule has 15 heavy (non-hydrogen) atoms. The number of hydrogen-bond acceptors (Lipinski definition) is 2. The van der Waals surface area contributed by atoms with Crippen molar-refractivity contribution in [1.29, 1.82) is 0 Å². The molecule has 0 aromatic heterocycles. The van der Waals surface area contributed by atoms with Crippen LogP contribution in [-0.2, 0) is 4.79 Å². The quantitative estimate of drug-likeness (QED) is 0.729. The van der Waals surface area contributed by atoms with Gasteiger partial charge in [-0.3, -0.25) is 4.79 Å². The van der Waals surface area contributed by atoms with Crippen molar-refractivity contribution in [2.45, 2.75) is 52.0 Å². The maximum absolute atomic E-state index is 12.2. The van der Waals surface area contributed by atoms with Crippen LogP contribution in [0.4, 0.5) is 0 Å². The molecule has 1 atom stereocenters. The van der Waals surface area contributed by atoms with Gasteiger partial charge in [0.15, 0.2) is 0 Å². The van der Waals surface area contributed by atoms with Gasteiger partial charge in [0.2, 0.25) is 5.91 Å². The normalized spacial score (nSPS) is 19.7. The highest BCUT2D eigenvalue weighted by Gasteiger charge is 2.33. The third-order valence-corrected chi connectivity index (χ3v) is 3.18. The number of carbonyl (C=O) groups is 1. The third kappa shape index (κ3) is 3.49. The topological polar surface area (TPSA) is 46.3 Å². The van der Waals surface area contributed by atoms with Crippen molar-refractivity contribution >= 4 is 5.91 Å². The lowest BCUT2D eigenvalue weighted by molar-refractivity contribution is -0.136. The zero-order valence-corrected chi connectivity index (χ0v) is 10.3. The molecule has 1 saturated carbocycles. The molecule has 0 bridgehead atoms. The SMILES string of the molecule is CCCN(CC1CC1)C(=O)C(C)(N)CC. The van der Waals surface area contributed by atoms with Crippen LogP contribution in [0.25, 0.3) is 0 Å². The standard InChI is InChI=1S/C12H24N2O/c1-4-8-14(9-10-6-7-10)11(15)12(3,13)5-2/h10H,4-9,13H2,1-3H3. The molecular formula is C12H24N2O. The molecule has 0 aromatic carbocycles. The molecule has 0 radical (unpaired) electrons. The van der Waals surface area contributed by atoms with Crippen LogP contribution in [0.3, 0.4) is 0 Å². The van der Waals surface area contributed by atoms with Crippen LogP contribution in [0.1, 0.15) is 46.5 Å². The lowest BCUT2D eigenvalue weighted by atomic mass is 9.98. The Kier molecular flexibility index (Phi) is 4.14. The van der Waals surface area contributed by atoms with Gasteiger partial charge in [0.05, 0.1) is 5.54 Å². The fourth-order valence-electron chi connectivity index (χ4n) is 1.67. The summed E-state index contributed by atoms with van der Waals surface area (Å²) in [5, 5.41) is 0. The molecule has 0 aromatic rings. The second-order valence-electron chi connectivity index (χ2n) is 4.97. The van der Waals surface area contributed by atoms with E-state index in [1.54, 1.807) is 0 Å². The van der Waals surface area contributed by atoms with Crippen LogP contribution in [-0.4, -0.2) is 29.4 Å². The molecule has 3 heteroatoms. The predicted octanol–water partition coefficient (Wildman–Crippen LogP) is 1.76. The average molecular weight is 212 g/mol. The van der Waals surface area contributed by atoms with Gasteiger partial charge in [0, 0.05) is 13.1 Å². The predicted molar refractivity (Wildman–Crippen MR) is 62.5 cm³/mol. The van der Waals surface area contributed by atoms with Crippen molar-refractivity contribution in [2.75, 3.05) is 13.1 Å². The highest BCUT2D eigenvalue weighted by molar-refractivity contribution is 5.85. The van der Waals surface area contributed by atoms with E-state index < -0.39 is 5.54 Å². The second kappa shape index (κ2) is 4.97. The van der Waals surface area contributed by atoms with Crippen molar-refractivity contribution in [2.24, 2.45) is 11.7 Å². The maximum atomic E-state index is 12.2. The lowest BCUT2D eigenvalue weighted by Crippen LogP contribution is -2.53. The summed E-state index contributed by atoms with van der Waals surface area (Å²) in [6.07, 6.45) is 4.27. The summed E-state index contributed by atoms with van der Waals surface area (Å²) in [5.74, 6) is 0.868. The van der Waals surface area contributed by atoms with E-state index in [-0.39, 0.29) is 5.91 Å². The Bertz CT molecular complexity index is 222. The fraction of sp³-hybridized carbons (Fsp3) is 0.917. The Morgan fingerprint density at radius 3 is 2.47 bits per heavy atom. The van der Waals surface area contributed by atoms with Crippen molar-refractivity contribution in [3.8, 4) is 0 Å². The summed E-state index contributed by atoms with van der Waals surface area (Å²) in [7, 11) is 0. The molecule has 2 N–H and O–H groups in total. The van der Waals surface area contributed by atoms with E-state index in [0.29, 0.717) is 6.42 Å². The number of rotatable bonds is 6. The van der Waals surface area contributed by atoms with E-state index in [9.17, 15) is 4.79 Å². The highest BCUT2D eigenvalue weighted by Crippen LogP contribution is 2.30. The molecule has 1 fully saturated rings. The zero-order chi connectivity index (χ0) is 11.5. The van der Waals surface area contributed by atoms with Gasteiger partial charge in [-0.25, -0.2) is 0 Å². The number of nitrogens with zero attached hydrogens (tertiary/aromatic N) is 1. The molecule has 88 valence electrons. The summed E-state index contributed by atoms with van der Waals surface area (Å²) in [6.45, 7) is 7.68. The average Bonchev–Trinajstić information content (AvgIpc) is 3.00. The minimum Gasteiger partial charge on any atom is -0.341 e. The van der Waals surface area contributed by atoms with Gasteiger partial charge in [-0.1, -0.05) is 13.8 Å². The van der Waals surface area contributed by atoms with Crippen LogP contribution in [0.5, 0.6) is 0 Å². The molecular weight excluding hydrogens is 188 g/mol. The van der Waals surface area contributed by atoms with Gasteiger partial charge in [0.25, 0.3) is 0 Å². The van der Waals surface area contributed by atoms with E-state index in [1.807, 2.05) is 18.7 Å². The Hall–Kier alpha value is -0.570. The number of nitrogens with two attached hydrogens (primary N) is 1. The van der Waals surface area contributed by atoms with E-state index in [1.165, 1.54) is 12.8 Å². The Balaban J connectivity index is 2.56. The zero-order valence-electron chi connectivity index (χ0n) is 10.3. The summed E-state index contributed by atoms with van der Waals surface area (Å²) in [6, 6.07) is 0. The van der Waals surface area contributed by atoms with E-state index >= 15 is 0 Å². The Labute approximate surface area is 93.0 Å². The van der Waals surface area contributed by atoms with Gasteiger partial charge < -0.3 is 10.6 Å². The second-order valence-corrected chi connectivity index (χ2v) is 4.97. The molecule has 3 nitrogen and oxygen atoms in total. The van der Waals surface area contributed by atoms with Crippen LogP contribution in [0.2, 0.25) is 0 Å². The smallest absolute Gasteiger partial charge is 0.242 e. The summed E-state index contributed by atoms with van der Waals surface area (Å²) < 4.78 is 0. The Morgan fingerprint density at radius 2 is 2.07 bits per heavy atom. The number of amides is 1. The van der Waals surface area contributed by atoms with E-state index in [2.05, 4.69) is 6.92 Å². The third-order valence-electron chi connectivity index (χ3n) is 3.18. The van der Waals surface area contributed by atoms with Crippen LogP contribution in [0, 0.1) is 5.92 Å². The van der Waals surface area contributed by atoms with Crippen molar-refractivity contribution in [3.63, 3.8) is 0 Å². The summed E-state index contributed by atoms with van der Waals surface area (Å²) in [4.78, 5) is 14.1. The minimum absolute atomic E-state index is 0.124. The monoisotopic (exact) mass is 212 g/mol. The van der Waals surface area contributed by atoms with Gasteiger partial charge >= 0.3 is 0 Å². The molecule has 0 spiro atoms. The van der Waals surface area contributed by atoms with Gasteiger partial charge in [-0.15, -0.1) is 0 Å². The molecule has 0 heterocycles. The summed E-state index contributed by atoms with van der Waals surface area (Å²) >= 11 is 0. The fourth-order valence-corrected chi connectivity index (χ4v) is 1.67. The first-order valence-electron chi connectivity index (χ1n) is 6.09. The lowest BCUT2D eigenvalue weighted by Gasteiger charge is -2.31. The molecule has 0 aliphatic heterocycles. The number of carbonyl (C=O) groups excluding carboxylic acids is 1. The van der Waals surface area contributed by atoms with Crippen LogP contribution >= 0.6 is 0 Å². The van der Waals surface area contributed by atoms with Crippen LogP contribution < -0.4 is 5.73 Å². The highest BCUT2D eigenvalue weighted by atomic mass is 16.2. The molecule has 1 rings (SSSR count). The van der Waals surface area contributed by atoms with Gasteiger partial charge in [0.1, 0.15) is 0 Å². The molecule has 1 unspecified atom stereocenters. The molecule has 1 aliphatic carbocycles. The van der Waals surface area contributed by atoms with Crippen LogP contribution in [0.15, 0.2) is 0 Å². The maximum Gasteiger partial charge on any atom is 0.242 e. The van der Waals surface area contributed by atoms with E-state index in [0.717, 1.165) is 25.4 Å². The molecule has 1 aliphatic rings. The van der Waals surface area contributed by atoms with E-state index in [4.69, 9.17) is 5.73 Å². The van der Waals surface area contributed by atoms with Gasteiger partial charge in [-0.05, 0) is 38.5 Å². The number of hydrogen-bond donors (Lipinski definition) is 1. The molecule has 1 amide bonds. The summed E-state index contributed by atoms with van der Waals surface area (Å²) in [5.41, 5.74) is 5.32. The first-order chi connectivity index (χ1) is 7.01. The van der Waals surface area contributed by atoms with Crippen molar-refractivity contribution in [1.82, 2.24) is 4.90 Å². The largest absolute Gasteiger partial charge is 0.341 e. The van der Waals surface area contributed by atoms with Gasteiger partial charge in [-0.2, -0.15) is 0 Å². The first-order valence-corrected chi connectivity index (χ1v) is 6.09.